The standard InChI is InChI=1S/C28H29N3OS/c1-3-6-24-23-7-4-5-8-26(23)33-27-14-11-21(19-25(27)29-24)28(32)31-17-15-30(16-18-31)22-12-9-20(2)10-13-22/h4-5,7-14,19H,3,6,15-18H2,1-2H3. The zero-order valence-electron chi connectivity index (χ0n) is 19.3. The summed E-state index contributed by atoms with van der Waals surface area (Å²) in [6, 6.07) is 23.1. The lowest BCUT2D eigenvalue weighted by atomic mass is 10.1. The largest absolute Gasteiger partial charge is 0.368 e. The average Bonchev–Trinajstić information content (AvgIpc) is 3.00. The van der Waals surface area contributed by atoms with Crippen molar-refractivity contribution in [1.29, 1.82) is 0 Å². The fourth-order valence-electron chi connectivity index (χ4n) is 4.48. The molecule has 0 saturated carbocycles. The summed E-state index contributed by atoms with van der Waals surface area (Å²) in [7, 11) is 0. The van der Waals surface area contributed by atoms with Crippen LogP contribution in [0.5, 0.6) is 0 Å². The van der Waals surface area contributed by atoms with Crippen LogP contribution in [-0.4, -0.2) is 42.7 Å². The van der Waals surface area contributed by atoms with E-state index in [2.05, 4.69) is 73.3 Å². The first kappa shape index (κ1) is 21.8. The number of fused-ring (bicyclic) bond motifs is 2. The van der Waals surface area contributed by atoms with Crippen molar-refractivity contribution in [2.75, 3.05) is 31.1 Å². The Hall–Kier alpha value is -3.05. The van der Waals surface area contributed by atoms with Gasteiger partial charge in [-0.15, -0.1) is 0 Å². The van der Waals surface area contributed by atoms with Crippen molar-refractivity contribution in [3.8, 4) is 0 Å². The summed E-state index contributed by atoms with van der Waals surface area (Å²) in [4.78, 5) is 25.0. The molecule has 2 aliphatic heterocycles. The second-order valence-electron chi connectivity index (χ2n) is 8.70. The normalized spacial score (nSPS) is 15.4. The zero-order valence-corrected chi connectivity index (χ0v) is 20.1. The van der Waals surface area contributed by atoms with Gasteiger partial charge in [-0.25, -0.2) is 0 Å². The summed E-state index contributed by atoms with van der Waals surface area (Å²) in [6.45, 7) is 7.45. The molecule has 0 radical (unpaired) electrons. The molecule has 4 nitrogen and oxygen atoms in total. The highest BCUT2D eigenvalue weighted by molar-refractivity contribution is 7.99. The molecule has 168 valence electrons. The van der Waals surface area contributed by atoms with Crippen LogP contribution < -0.4 is 4.90 Å². The molecule has 1 fully saturated rings. The second-order valence-corrected chi connectivity index (χ2v) is 9.79. The fraction of sp³-hybridized carbons (Fsp3) is 0.286. The second kappa shape index (κ2) is 9.44. The Kier molecular flexibility index (Phi) is 6.23. The Morgan fingerprint density at radius 3 is 2.45 bits per heavy atom. The van der Waals surface area contributed by atoms with Crippen molar-refractivity contribution >= 4 is 34.8 Å². The maximum Gasteiger partial charge on any atom is 0.254 e. The van der Waals surface area contributed by atoms with Crippen LogP contribution in [-0.2, 0) is 0 Å². The molecule has 3 aromatic carbocycles. The molecule has 1 saturated heterocycles. The maximum absolute atomic E-state index is 13.3. The molecule has 1 amide bonds. The highest BCUT2D eigenvalue weighted by Gasteiger charge is 2.24. The number of hydrogen-bond acceptors (Lipinski definition) is 4. The van der Waals surface area contributed by atoms with E-state index in [0.717, 1.165) is 60.9 Å². The minimum Gasteiger partial charge on any atom is -0.368 e. The Bertz CT molecular complexity index is 1190. The summed E-state index contributed by atoms with van der Waals surface area (Å²) in [5.74, 6) is 0.0976. The zero-order chi connectivity index (χ0) is 22.8. The summed E-state index contributed by atoms with van der Waals surface area (Å²) in [5.41, 5.74) is 6.44. The Morgan fingerprint density at radius 1 is 0.939 bits per heavy atom. The number of piperazine rings is 1. The van der Waals surface area contributed by atoms with Gasteiger partial charge in [-0.1, -0.05) is 61.0 Å². The molecule has 0 aliphatic carbocycles. The summed E-state index contributed by atoms with van der Waals surface area (Å²) < 4.78 is 0. The van der Waals surface area contributed by atoms with E-state index < -0.39 is 0 Å². The first-order valence-electron chi connectivity index (χ1n) is 11.7. The Balaban J connectivity index is 1.35. The molecule has 0 N–H and O–H groups in total. The molecule has 33 heavy (non-hydrogen) atoms. The minimum absolute atomic E-state index is 0.0976. The number of carbonyl (C=O) groups is 1. The van der Waals surface area contributed by atoms with Gasteiger partial charge in [-0.05, 0) is 49.7 Å². The molecule has 5 rings (SSSR count). The van der Waals surface area contributed by atoms with Gasteiger partial charge in [0.1, 0.15) is 0 Å². The van der Waals surface area contributed by atoms with Crippen LogP contribution in [0.15, 0.2) is 81.5 Å². The fourth-order valence-corrected chi connectivity index (χ4v) is 5.50. The number of anilines is 1. The lowest BCUT2D eigenvalue weighted by molar-refractivity contribution is 0.0746. The molecule has 5 heteroatoms. The lowest BCUT2D eigenvalue weighted by Gasteiger charge is -2.36. The first-order chi connectivity index (χ1) is 16.1. The summed E-state index contributed by atoms with van der Waals surface area (Å²) in [5, 5.41) is 0. The smallest absolute Gasteiger partial charge is 0.254 e. The Labute approximate surface area is 200 Å². The number of rotatable bonds is 4. The van der Waals surface area contributed by atoms with Crippen LogP contribution in [0, 0.1) is 6.92 Å². The van der Waals surface area contributed by atoms with Crippen molar-refractivity contribution in [3.63, 3.8) is 0 Å². The van der Waals surface area contributed by atoms with Crippen LogP contribution in [0.4, 0.5) is 11.4 Å². The predicted molar refractivity (Wildman–Crippen MR) is 137 cm³/mol. The molecule has 0 unspecified atom stereocenters. The van der Waals surface area contributed by atoms with E-state index >= 15 is 0 Å². The van der Waals surface area contributed by atoms with Crippen molar-refractivity contribution in [3.05, 3.63) is 83.4 Å². The topological polar surface area (TPSA) is 35.9 Å². The summed E-state index contributed by atoms with van der Waals surface area (Å²) >= 11 is 1.74. The van der Waals surface area contributed by atoms with Gasteiger partial charge in [0, 0.05) is 58.5 Å². The highest BCUT2D eigenvalue weighted by Crippen LogP contribution is 2.41. The third-order valence-corrected chi connectivity index (χ3v) is 7.47. The molecule has 2 aliphatic rings. The molecular weight excluding hydrogens is 426 g/mol. The third kappa shape index (κ3) is 4.55. The number of nitrogens with zero attached hydrogens (tertiary/aromatic N) is 3. The van der Waals surface area contributed by atoms with Crippen LogP contribution in [0.2, 0.25) is 0 Å². The van der Waals surface area contributed by atoms with Gasteiger partial charge in [0.05, 0.1) is 5.69 Å². The van der Waals surface area contributed by atoms with Crippen LogP contribution >= 0.6 is 11.8 Å². The van der Waals surface area contributed by atoms with Crippen molar-refractivity contribution in [2.24, 2.45) is 4.99 Å². The lowest BCUT2D eigenvalue weighted by Crippen LogP contribution is -2.48. The van der Waals surface area contributed by atoms with E-state index in [1.165, 1.54) is 21.7 Å². The Morgan fingerprint density at radius 2 is 1.70 bits per heavy atom. The first-order valence-corrected chi connectivity index (χ1v) is 12.5. The quantitative estimate of drug-likeness (QED) is 0.460. The SMILES string of the molecule is CCCC1=Nc2cc(C(=O)N3CCN(c4ccc(C)cc4)CC3)ccc2Sc2ccccc21. The molecule has 0 atom stereocenters. The molecule has 0 aromatic heterocycles. The maximum atomic E-state index is 13.3. The van der Waals surface area contributed by atoms with Gasteiger partial charge in [0.15, 0.2) is 0 Å². The van der Waals surface area contributed by atoms with Gasteiger partial charge in [0.25, 0.3) is 5.91 Å². The monoisotopic (exact) mass is 455 g/mol. The van der Waals surface area contributed by atoms with E-state index in [9.17, 15) is 4.79 Å². The van der Waals surface area contributed by atoms with Gasteiger partial charge >= 0.3 is 0 Å². The number of benzene rings is 3. The minimum atomic E-state index is 0.0976. The van der Waals surface area contributed by atoms with E-state index in [1.54, 1.807) is 11.8 Å². The van der Waals surface area contributed by atoms with Gasteiger partial charge in [0.2, 0.25) is 0 Å². The molecule has 0 bridgehead atoms. The van der Waals surface area contributed by atoms with E-state index in [-0.39, 0.29) is 5.91 Å². The number of amides is 1. The third-order valence-electron chi connectivity index (χ3n) is 6.33. The average molecular weight is 456 g/mol. The molecule has 2 heterocycles. The van der Waals surface area contributed by atoms with Crippen molar-refractivity contribution in [1.82, 2.24) is 4.90 Å². The number of aliphatic imine (C=N–C) groups is 1. The van der Waals surface area contributed by atoms with Crippen molar-refractivity contribution < 1.29 is 4.79 Å². The van der Waals surface area contributed by atoms with Gasteiger partial charge < -0.3 is 9.80 Å². The van der Waals surface area contributed by atoms with Gasteiger partial charge in [-0.2, -0.15) is 0 Å². The highest BCUT2D eigenvalue weighted by atomic mass is 32.2. The molecule has 0 spiro atoms. The van der Waals surface area contributed by atoms with E-state index in [0.29, 0.717) is 0 Å². The van der Waals surface area contributed by atoms with Crippen LogP contribution in [0.25, 0.3) is 0 Å². The van der Waals surface area contributed by atoms with Crippen molar-refractivity contribution in [2.45, 2.75) is 36.5 Å². The molecular formula is C28H29N3OS. The summed E-state index contributed by atoms with van der Waals surface area (Å²) in [6.07, 6.45) is 1.97. The number of carbonyl (C=O) groups excluding carboxylic acids is 1. The molecule has 3 aromatic rings. The van der Waals surface area contributed by atoms with Crippen LogP contribution in [0.1, 0.15) is 41.3 Å². The van der Waals surface area contributed by atoms with E-state index in [4.69, 9.17) is 4.99 Å². The number of aryl methyl sites for hydroxylation is 1. The predicted octanol–water partition coefficient (Wildman–Crippen LogP) is 6.34. The van der Waals surface area contributed by atoms with Gasteiger partial charge in [-0.3, -0.25) is 9.79 Å². The van der Waals surface area contributed by atoms with E-state index in [1.807, 2.05) is 17.0 Å². The van der Waals surface area contributed by atoms with Crippen LogP contribution in [0.3, 0.4) is 0 Å². The number of hydrogen-bond donors (Lipinski definition) is 0.